The largest absolute Gasteiger partial charge is 0.496 e. The van der Waals surface area contributed by atoms with Gasteiger partial charge in [0.05, 0.1) is 21.6 Å². The summed E-state index contributed by atoms with van der Waals surface area (Å²) < 4.78 is 5.89. The molecule has 0 saturated carbocycles. The van der Waals surface area contributed by atoms with Crippen molar-refractivity contribution >= 4 is 51.6 Å². The molecule has 0 bridgehead atoms. The number of methoxy groups -OCH3 is 1. The molecule has 0 amide bonds. The maximum absolute atomic E-state index is 11.3. The molecule has 5 heteroatoms. The van der Waals surface area contributed by atoms with Crippen molar-refractivity contribution < 1.29 is 9.53 Å². The number of hydrogen-bond acceptors (Lipinski definition) is 2. The summed E-state index contributed by atoms with van der Waals surface area (Å²) in [5.41, 5.74) is 0.437. The lowest BCUT2D eigenvalue weighted by atomic mass is 10.1. The van der Waals surface area contributed by atoms with E-state index in [1.54, 1.807) is 19.2 Å². The Morgan fingerprint density at radius 2 is 2.21 bits per heavy atom. The van der Waals surface area contributed by atoms with Crippen LogP contribution in [0.15, 0.2) is 12.1 Å². The Labute approximate surface area is 106 Å². The maximum atomic E-state index is 11.3. The van der Waals surface area contributed by atoms with E-state index < -0.39 is 0 Å². The molecular formula is C9H7Cl2IO2. The molecule has 0 radical (unpaired) electrons. The predicted molar refractivity (Wildman–Crippen MR) is 65.8 cm³/mol. The molecule has 0 aromatic heterocycles. The van der Waals surface area contributed by atoms with Crippen LogP contribution in [0.2, 0.25) is 5.02 Å². The first-order chi connectivity index (χ1) is 6.60. The van der Waals surface area contributed by atoms with Crippen LogP contribution in [-0.4, -0.2) is 18.8 Å². The summed E-state index contributed by atoms with van der Waals surface area (Å²) in [6.07, 6.45) is 0. The second-order valence-electron chi connectivity index (χ2n) is 2.52. The van der Waals surface area contributed by atoms with E-state index in [0.29, 0.717) is 16.3 Å². The number of hydrogen-bond donors (Lipinski definition) is 0. The van der Waals surface area contributed by atoms with Gasteiger partial charge in [0.1, 0.15) is 5.75 Å². The Bertz CT molecular complexity index is 366. The lowest BCUT2D eigenvalue weighted by Gasteiger charge is -2.07. The first kappa shape index (κ1) is 12.1. The molecule has 2 nitrogen and oxygen atoms in total. The average molecular weight is 345 g/mol. The highest BCUT2D eigenvalue weighted by Gasteiger charge is 2.12. The minimum Gasteiger partial charge on any atom is -0.496 e. The van der Waals surface area contributed by atoms with Crippen LogP contribution in [-0.2, 0) is 0 Å². The van der Waals surface area contributed by atoms with E-state index in [1.807, 2.05) is 0 Å². The molecule has 0 saturated heterocycles. The summed E-state index contributed by atoms with van der Waals surface area (Å²) >= 11 is 13.4. The Balaban J connectivity index is 3.21. The first-order valence-corrected chi connectivity index (χ1v) is 5.71. The first-order valence-electron chi connectivity index (χ1n) is 3.72. The topological polar surface area (TPSA) is 26.3 Å². The minimum absolute atomic E-state index is 0.0673. The maximum Gasteiger partial charge on any atom is 0.179 e. The molecule has 0 atom stereocenters. The lowest BCUT2D eigenvalue weighted by molar-refractivity contribution is 0.102. The van der Waals surface area contributed by atoms with Gasteiger partial charge in [0.2, 0.25) is 0 Å². The lowest BCUT2D eigenvalue weighted by Crippen LogP contribution is -2.02. The third kappa shape index (κ3) is 2.52. The Morgan fingerprint density at radius 1 is 1.57 bits per heavy atom. The monoisotopic (exact) mass is 344 g/mol. The second-order valence-corrected chi connectivity index (χ2v) is 4.36. The van der Waals surface area contributed by atoms with Crippen LogP contribution in [0.1, 0.15) is 10.4 Å². The Hall–Kier alpha value is -0.000000000000000111. The van der Waals surface area contributed by atoms with Crippen LogP contribution in [0.5, 0.6) is 5.75 Å². The van der Waals surface area contributed by atoms with Gasteiger partial charge in [-0.3, -0.25) is 4.79 Å². The number of ether oxygens (including phenoxy) is 1. The van der Waals surface area contributed by atoms with Crippen molar-refractivity contribution in [2.75, 3.05) is 13.0 Å². The van der Waals surface area contributed by atoms with E-state index in [0.717, 1.165) is 3.57 Å². The molecular weight excluding hydrogens is 338 g/mol. The van der Waals surface area contributed by atoms with Crippen LogP contribution in [0.25, 0.3) is 0 Å². The van der Waals surface area contributed by atoms with Crippen molar-refractivity contribution in [1.82, 2.24) is 0 Å². The fourth-order valence-electron chi connectivity index (χ4n) is 0.971. The average Bonchev–Trinajstić information content (AvgIpc) is 2.19. The zero-order valence-corrected chi connectivity index (χ0v) is 11.0. The van der Waals surface area contributed by atoms with Gasteiger partial charge >= 0.3 is 0 Å². The van der Waals surface area contributed by atoms with Crippen molar-refractivity contribution in [3.05, 3.63) is 26.3 Å². The molecule has 0 aliphatic rings. The molecule has 0 N–H and O–H groups in total. The second kappa shape index (κ2) is 5.19. The van der Waals surface area contributed by atoms with Gasteiger partial charge in [-0.15, -0.1) is 11.6 Å². The van der Waals surface area contributed by atoms with Gasteiger partial charge in [-0.1, -0.05) is 11.6 Å². The van der Waals surface area contributed by atoms with Crippen LogP contribution in [0, 0.1) is 3.57 Å². The summed E-state index contributed by atoms with van der Waals surface area (Å²) in [7, 11) is 1.55. The number of alkyl halides is 1. The van der Waals surface area contributed by atoms with Crippen LogP contribution in [0.4, 0.5) is 0 Å². The molecule has 0 aliphatic heterocycles. The molecule has 1 rings (SSSR count). The molecule has 76 valence electrons. The molecule has 0 heterocycles. The van der Waals surface area contributed by atoms with Gasteiger partial charge in [-0.25, -0.2) is 0 Å². The van der Waals surface area contributed by atoms with E-state index in [4.69, 9.17) is 27.9 Å². The summed E-state index contributed by atoms with van der Waals surface area (Å²) in [5, 5.41) is 0.368. The smallest absolute Gasteiger partial charge is 0.179 e. The third-order valence-electron chi connectivity index (χ3n) is 1.66. The number of rotatable bonds is 3. The summed E-state index contributed by atoms with van der Waals surface area (Å²) in [4.78, 5) is 11.3. The third-order valence-corrected chi connectivity index (χ3v) is 3.06. The molecule has 0 aliphatic carbocycles. The SMILES string of the molecule is COc1cc(Cl)c(C(=O)CCl)cc1I. The van der Waals surface area contributed by atoms with Gasteiger partial charge in [0.15, 0.2) is 5.78 Å². The van der Waals surface area contributed by atoms with Gasteiger partial charge in [0, 0.05) is 11.6 Å². The molecule has 0 fully saturated rings. The fourth-order valence-corrected chi connectivity index (χ4v) is 2.06. The highest BCUT2D eigenvalue weighted by molar-refractivity contribution is 14.1. The van der Waals surface area contributed by atoms with Crippen molar-refractivity contribution in [2.45, 2.75) is 0 Å². The Kier molecular flexibility index (Phi) is 4.47. The van der Waals surface area contributed by atoms with Gasteiger partial charge in [0.25, 0.3) is 0 Å². The standard InChI is InChI=1S/C9H7Cl2IO2/c1-14-9-3-6(11)5(2-7(9)12)8(13)4-10/h2-3H,4H2,1H3. The summed E-state index contributed by atoms with van der Waals surface area (Å²) in [6.45, 7) is 0. The van der Waals surface area contributed by atoms with Crippen LogP contribution in [0.3, 0.4) is 0 Å². The van der Waals surface area contributed by atoms with E-state index in [9.17, 15) is 4.79 Å². The minimum atomic E-state index is -0.183. The molecule has 0 spiro atoms. The van der Waals surface area contributed by atoms with E-state index in [1.165, 1.54) is 0 Å². The van der Waals surface area contributed by atoms with Crippen LogP contribution < -0.4 is 4.74 Å². The van der Waals surface area contributed by atoms with E-state index in [-0.39, 0.29) is 11.7 Å². The van der Waals surface area contributed by atoms with Gasteiger partial charge < -0.3 is 4.74 Å². The van der Waals surface area contributed by atoms with Crippen molar-refractivity contribution in [3.63, 3.8) is 0 Å². The van der Waals surface area contributed by atoms with Gasteiger partial charge in [-0.2, -0.15) is 0 Å². The predicted octanol–water partition coefficient (Wildman–Crippen LogP) is 3.37. The highest BCUT2D eigenvalue weighted by Crippen LogP contribution is 2.28. The van der Waals surface area contributed by atoms with Crippen LogP contribution >= 0.6 is 45.8 Å². The normalized spacial score (nSPS) is 10.0. The number of halogens is 3. The summed E-state index contributed by atoms with van der Waals surface area (Å²) in [6, 6.07) is 3.29. The number of Topliss-reactive ketones (excluding diaryl/α,β-unsaturated/α-hetero) is 1. The van der Waals surface area contributed by atoms with Crippen molar-refractivity contribution in [3.8, 4) is 5.75 Å². The molecule has 14 heavy (non-hydrogen) atoms. The van der Waals surface area contributed by atoms with Crippen molar-refractivity contribution in [1.29, 1.82) is 0 Å². The molecule has 0 unspecified atom stereocenters. The van der Waals surface area contributed by atoms with Crippen molar-refractivity contribution in [2.24, 2.45) is 0 Å². The van der Waals surface area contributed by atoms with E-state index >= 15 is 0 Å². The number of benzene rings is 1. The van der Waals surface area contributed by atoms with Gasteiger partial charge in [-0.05, 0) is 28.7 Å². The summed E-state index contributed by atoms with van der Waals surface area (Å²) in [5.74, 6) is 0.404. The highest BCUT2D eigenvalue weighted by atomic mass is 127. The number of carbonyl (C=O) groups is 1. The number of ketones is 1. The Morgan fingerprint density at radius 3 is 2.71 bits per heavy atom. The quantitative estimate of drug-likeness (QED) is 0.477. The zero-order chi connectivity index (χ0) is 10.7. The molecule has 1 aromatic carbocycles. The van der Waals surface area contributed by atoms with E-state index in [2.05, 4.69) is 22.6 Å². The number of carbonyl (C=O) groups excluding carboxylic acids is 1. The zero-order valence-electron chi connectivity index (χ0n) is 7.31. The molecule has 1 aromatic rings. The fraction of sp³-hybridized carbons (Fsp3) is 0.222.